The van der Waals surface area contributed by atoms with Crippen LogP contribution < -0.4 is 5.32 Å². The van der Waals surface area contributed by atoms with Crippen LogP contribution >= 0.6 is 11.3 Å². The number of imidazole rings is 1. The lowest BCUT2D eigenvalue weighted by Crippen LogP contribution is -2.38. The molecule has 6 heteroatoms. The van der Waals surface area contributed by atoms with Crippen molar-refractivity contribution >= 4 is 22.2 Å². The molecule has 4 heterocycles. The minimum atomic E-state index is 0.100. The first-order chi connectivity index (χ1) is 13.3. The maximum absolute atomic E-state index is 12.9. The average molecular weight is 381 g/mol. The second kappa shape index (κ2) is 7.09. The molecule has 0 aliphatic carbocycles. The van der Waals surface area contributed by atoms with Crippen LogP contribution in [0.15, 0.2) is 48.1 Å². The number of hydrogen-bond acceptors (Lipinski definition) is 4. The fourth-order valence-corrected chi connectivity index (χ4v) is 5.51. The first kappa shape index (κ1) is 17.0. The second-order valence-electron chi connectivity index (χ2n) is 7.58. The van der Waals surface area contributed by atoms with Gasteiger partial charge in [-0.2, -0.15) is 0 Å². The number of nitrogens with one attached hydrogen (secondary N) is 1. The maximum atomic E-state index is 12.9. The third-order valence-corrected chi connectivity index (χ3v) is 6.80. The van der Waals surface area contributed by atoms with Gasteiger partial charge < -0.3 is 5.32 Å². The van der Waals surface area contributed by atoms with Gasteiger partial charge in [-0.15, -0.1) is 11.3 Å². The first-order valence-electron chi connectivity index (χ1n) is 9.79. The quantitative estimate of drug-likeness (QED) is 0.739. The van der Waals surface area contributed by atoms with Gasteiger partial charge in [0.25, 0.3) is 0 Å². The summed E-state index contributed by atoms with van der Waals surface area (Å²) in [6.45, 7) is 1.77. The monoisotopic (exact) mass is 380 g/mol. The van der Waals surface area contributed by atoms with Gasteiger partial charge >= 0.3 is 0 Å². The predicted molar refractivity (Wildman–Crippen MR) is 107 cm³/mol. The Kier molecular flexibility index (Phi) is 4.45. The summed E-state index contributed by atoms with van der Waals surface area (Å²) in [6.07, 6.45) is 8.12. The Morgan fingerprint density at radius 3 is 3.04 bits per heavy atom. The van der Waals surface area contributed by atoms with Gasteiger partial charge in [-0.05, 0) is 31.4 Å². The molecule has 0 bridgehead atoms. The number of thiazole rings is 1. The number of benzene rings is 1. The number of rotatable bonds is 5. The van der Waals surface area contributed by atoms with Crippen molar-refractivity contribution in [3.8, 4) is 0 Å². The number of fused-ring (bicyclic) bond motifs is 2. The summed E-state index contributed by atoms with van der Waals surface area (Å²) >= 11 is 1.64. The third-order valence-electron chi connectivity index (χ3n) is 6.03. The van der Waals surface area contributed by atoms with E-state index in [1.165, 1.54) is 12.0 Å². The zero-order chi connectivity index (χ0) is 18.2. The largest absolute Gasteiger partial charge is 0.355 e. The van der Waals surface area contributed by atoms with Gasteiger partial charge in [0.2, 0.25) is 5.91 Å². The molecule has 0 radical (unpaired) electrons. The summed E-state index contributed by atoms with van der Waals surface area (Å²) in [5.74, 6) is 0.314. The van der Waals surface area contributed by atoms with Gasteiger partial charge in [0.15, 0.2) is 4.96 Å². The van der Waals surface area contributed by atoms with E-state index in [-0.39, 0.29) is 11.8 Å². The van der Waals surface area contributed by atoms with Crippen molar-refractivity contribution in [2.75, 3.05) is 13.1 Å². The molecule has 5 rings (SSSR count). The summed E-state index contributed by atoms with van der Waals surface area (Å²) in [4.78, 5) is 21.1. The van der Waals surface area contributed by atoms with Crippen molar-refractivity contribution in [3.63, 3.8) is 0 Å². The zero-order valence-corrected chi connectivity index (χ0v) is 16.1. The SMILES string of the molecule is O=C(NCCc1cn2ccsc2n1)[C@@H]1C[C@H](c2ccccc2)N2CCC[C@@H]12. The van der Waals surface area contributed by atoms with Crippen LogP contribution in [0.25, 0.3) is 4.96 Å². The lowest BCUT2D eigenvalue weighted by Gasteiger charge is -2.24. The van der Waals surface area contributed by atoms with Crippen molar-refractivity contribution in [1.29, 1.82) is 0 Å². The van der Waals surface area contributed by atoms with E-state index in [0.717, 1.165) is 36.5 Å². The number of aromatic nitrogens is 2. The van der Waals surface area contributed by atoms with Crippen molar-refractivity contribution in [2.45, 2.75) is 37.8 Å². The molecule has 3 aromatic rings. The van der Waals surface area contributed by atoms with E-state index >= 15 is 0 Å². The van der Waals surface area contributed by atoms with Crippen LogP contribution in [0, 0.1) is 5.92 Å². The lowest BCUT2D eigenvalue weighted by molar-refractivity contribution is -0.125. The number of amides is 1. The van der Waals surface area contributed by atoms with E-state index < -0.39 is 0 Å². The standard InChI is InChI=1S/C21H24N4OS/c26-20(22-9-8-16-14-24-11-12-27-21(24)23-16)17-13-19(15-5-2-1-3-6-15)25-10-4-7-18(17)25/h1-3,5-6,11-12,14,17-19H,4,7-10,13H2,(H,22,26)/t17-,18+,19-/m1/s1. The molecule has 0 saturated carbocycles. The Morgan fingerprint density at radius 2 is 2.19 bits per heavy atom. The molecule has 5 nitrogen and oxygen atoms in total. The highest BCUT2D eigenvalue weighted by atomic mass is 32.1. The molecule has 2 aromatic heterocycles. The van der Waals surface area contributed by atoms with Gasteiger partial charge in [-0.3, -0.25) is 14.1 Å². The number of carbonyl (C=O) groups excluding carboxylic acids is 1. The van der Waals surface area contributed by atoms with Crippen LogP contribution in [-0.4, -0.2) is 39.3 Å². The van der Waals surface area contributed by atoms with Gasteiger partial charge in [-0.25, -0.2) is 4.98 Å². The molecule has 1 amide bonds. The van der Waals surface area contributed by atoms with Gasteiger partial charge in [0.1, 0.15) is 0 Å². The molecule has 2 saturated heterocycles. The molecule has 2 fully saturated rings. The van der Waals surface area contributed by atoms with E-state index in [1.54, 1.807) is 11.3 Å². The van der Waals surface area contributed by atoms with Crippen LogP contribution in [0.5, 0.6) is 0 Å². The summed E-state index contributed by atoms with van der Waals surface area (Å²) in [7, 11) is 0. The van der Waals surface area contributed by atoms with E-state index in [1.807, 2.05) is 16.0 Å². The Morgan fingerprint density at radius 1 is 1.30 bits per heavy atom. The van der Waals surface area contributed by atoms with E-state index in [4.69, 9.17) is 0 Å². The number of hydrogen-bond donors (Lipinski definition) is 1. The van der Waals surface area contributed by atoms with Crippen molar-refractivity contribution in [2.24, 2.45) is 5.92 Å². The van der Waals surface area contributed by atoms with Gasteiger partial charge in [-0.1, -0.05) is 30.3 Å². The highest BCUT2D eigenvalue weighted by Gasteiger charge is 2.46. The Bertz CT molecular complexity index is 905. The molecule has 0 spiro atoms. The number of nitrogens with zero attached hydrogens (tertiary/aromatic N) is 3. The van der Waals surface area contributed by atoms with Crippen molar-refractivity contribution in [1.82, 2.24) is 19.6 Å². The molecule has 0 unspecified atom stereocenters. The smallest absolute Gasteiger partial charge is 0.224 e. The van der Waals surface area contributed by atoms with Crippen LogP contribution in [-0.2, 0) is 11.2 Å². The van der Waals surface area contributed by atoms with Crippen molar-refractivity contribution in [3.05, 3.63) is 59.4 Å². The summed E-state index contributed by atoms with van der Waals surface area (Å²) < 4.78 is 2.04. The molecule has 2 aliphatic heterocycles. The predicted octanol–water partition coefficient (Wildman–Crippen LogP) is 3.28. The van der Waals surface area contributed by atoms with E-state index in [0.29, 0.717) is 18.6 Å². The van der Waals surface area contributed by atoms with E-state index in [2.05, 4.69) is 51.7 Å². The molecular formula is C21H24N4OS. The maximum Gasteiger partial charge on any atom is 0.224 e. The number of carbonyl (C=O) groups is 1. The first-order valence-corrected chi connectivity index (χ1v) is 10.7. The molecule has 3 atom stereocenters. The minimum absolute atomic E-state index is 0.100. The fourth-order valence-electron chi connectivity index (χ4n) is 4.79. The Labute approximate surface area is 163 Å². The normalized spacial score (nSPS) is 25.1. The molecule has 1 aromatic carbocycles. The summed E-state index contributed by atoms with van der Waals surface area (Å²) in [5, 5.41) is 5.22. The second-order valence-corrected chi connectivity index (χ2v) is 8.46. The zero-order valence-electron chi connectivity index (χ0n) is 15.3. The summed E-state index contributed by atoms with van der Waals surface area (Å²) in [5.41, 5.74) is 2.39. The van der Waals surface area contributed by atoms with Gasteiger partial charge in [0.05, 0.1) is 11.6 Å². The molecule has 2 aliphatic rings. The molecule has 27 heavy (non-hydrogen) atoms. The van der Waals surface area contributed by atoms with Crippen LogP contribution in [0.3, 0.4) is 0 Å². The topological polar surface area (TPSA) is 49.6 Å². The third kappa shape index (κ3) is 3.17. The van der Waals surface area contributed by atoms with Gasteiger partial charge in [0, 0.05) is 42.8 Å². The average Bonchev–Trinajstić information content (AvgIpc) is 3.42. The molecular weight excluding hydrogens is 356 g/mol. The van der Waals surface area contributed by atoms with Crippen LogP contribution in [0.1, 0.15) is 36.6 Å². The Hall–Kier alpha value is -2.18. The summed E-state index contributed by atoms with van der Waals surface area (Å²) in [6, 6.07) is 11.4. The Balaban J connectivity index is 1.22. The van der Waals surface area contributed by atoms with Crippen LogP contribution in [0.2, 0.25) is 0 Å². The van der Waals surface area contributed by atoms with Crippen molar-refractivity contribution < 1.29 is 4.79 Å². The lowest BCUT2D eigenvalue weighted by atomic mass is 9.93. The highest BCUT2D eigenvalue weighted by Crippen LogP contribution is 2.44. The van der Waals surface area contributed by atoms with Crippen LogP contribution in [0.4, 0.5) is 0 Å². The highest BCUT2D eigenvalue weighted by molar-refractivity contribution is 7.15. The van der Waals surface area contributed by atoms with E-state index in [9.17, 15) is 4.79 Å². The minimum Gasteiger partial charge on any atom is -0.355 e. The fraction of sp³-hybridized carbons (Fsp3) is 0.429. The molecule has 140 valence electrons. The molecule has 1 N–H and O–H groups in total.